The Hall–Kier alpha value is -3.71. The molecule has 0 spiro atoms. The number of nitrogens with two attached hydrogens (primary N) is 1. The van der Waals surface area contributed by atoms with E-state index in [1.165, 1.54) is 12.8 Å². The number of carbonyl (C=O) groups is 1. The highest BCUT2D eigenvalue weighted by Crippen LogP contribution is 2.34. The minimum atomic E-state index is 0.0105. The summed E-state index contributed by atoms with van der Waals surface area (Å²) in [6.45, 7) is 1.32. The van der Waals surface area contributed by atoms with Gasteiger partial charge < -0.3 is 25.8 Å². The van der Waals surface area contributed by atoms with Crippen molar-refractivity contribution in [3.8, 4) is 6.07 Å². The number of amides is 1. The molecule has 1 saturated heterocycles. The summed E-state index contributed by atoms with van der Waals surface area (Å²) in [6, 6.07) is 10.2. The minimum absolute atomic E-state index is 0.0105. The molecule has 6 rings (SSSR count). The fraction of sp³-hybridized carbons (Fsp3) is 0.552. The average Bonchev–Trinajstić information content (AvgIpc) is 3.65. The standard InChI is InChI=1S/C29H37N9O/c30-17-19-5-7-20(8-6-19)28(39)37-15-13-23(14-16-37)33-26-25-27(38(18-32-25)24-3-1-2-4-24)36-29(35-26)34-22-11-9-21(31)10-12-22/h5-8,18,21-24H,1-4,9-16,31H2,(H2,33,34,35,36). The number of nitrogens with one attached hydrogen (secondary N) is 2. The summed E-state index contributed by atoms with van der Waals surface area (Å²) in [5.74, 6) is 1.43. The molecule has 10 heteroatoms. The van der Waals surface area contributed by atoms with Crippen molar-refractivity contribution < 1.29 is 4.79 Å². The zero-order valence-corrected chi connectivity index (χ0v) is 22.4. The molecule has 1 aromatic carbocycles. The van der Waals surface area contributed by atoms with E-state index < -0.39 is 0 Å². The van der Waals surface area contributed by atoms with Gasteiger partial charge in [0.05, 0.1) is 18.0 Å². The number of anilines is 2. The quantitative estimate of drug-likeness (QED) is 0.433. The summed E-state index contributed by atoms with van der Waals surface area (Å²) >= 11 is 0. The lowest BCUT2D eigenvalue weighted by atomic mass is 9.92. The van der Waals surface area contributed by atoms with Gasteiger partial charge in [0.2, 0.25) is 5.95 Å². The second-order valence-corrected chi connectivity index (χ2v) is 11.3. The number of fused-ring (bicyclic) bond motifs is 1. The molecule has 4 N–H and O–H groups in total. The molecule has 0 atom stereocenters. The fourth-order valence-corrected chi connectivity index (χ4v) is 6.27. The van der Waals surface area contributed by atoms with Crippen molar-refractivity contribution in [2.45, 2.75) is 88.4 Å². The number of imidazole rings is 1. The summed E-state index contributed by atoms with van der Waals surface area (Å²) in [5, 5.41) is 16.3. The van der Waals surface area contributed by atoms with Gasteiger partial charge in [0.15, 0.2) is 17.0 Å². The molecule has 39 heavy (non-hydrogen) atoms. The van der Waals surface area contributed by atoms with Crippen LogP contribution in [-0.4, -0.2) is 61.5 Å². The Bertz CT molecular complexity index is 1340. The average molecular weight is 528 g/mol. The van der Waals surface area contributed by atoms with Crippen LogP contribution in [0.5, 0.6) is 0 Å². The summed E-state index contributed by atoms with van der Waals surface area (Å²) in [5.41, 5.74) is 9.01. The first kappa shape index (κ1) is 25.6. The molecule has 3 fully saturated rings. The van der Waals surface area contributed by atoms with Gasteiger partial charge in [0, 0.05) is 42.8 Å². The molecule has 1 amide bonds. The molecular formula is C29H37N9O. The zero-order chi connectivity index (χ0) is 26.8. The first-order valence-corrected chi connectivity index (χ1v) is 14.4. The Morgan fingerprint density at radius 3 is 2.31 bits per heavy atom. The highest BCUT2D eigenvalue weighted by Gasteiger charge is 2.27. The highest BCUT2D eigenvalue weighted by atomic mass is 16.2. The van der Waals surface area contributed by atoms with E-state index in [0.29, 0.717) is 48.3 Å². The van der Waals surface area contributed by atoms with Crippen LogP contribution in [-0.2, 0) is 0 Å². The zero-order valence-electron chi connectivity index (χ0n) is 22.4. The molecule has 3 aliphatic rings. The highest BCUT2D eigenvalue weighted by molar-refractivity contribution is 5.94. The van der Waals surface area contributed by atoms with Gasteiger partial charge in [-0.2, -0.15) is 15.2 Å². The van der Waals surface area contributed by atoms with E-state index in [9.17, 15) is 4.79 Å². The fourth-order valence-electron chi connectivity index (χ4n) is 6.27. The van der Waals surface area contributed by atoms with Crippen LogP contribution in [0.1, 0.15) is 86.2 Å². The van der Waals surface area contributed by atoms with E-state index in [-0.39, 0.29) is 11.9 Å². The van der Waals surface area contributed by atoms with Crippen LogP contribution in [0.2, 0.25) is 0 Å². The first-order chi connectivity index (χ1) is 19.1. The largest absolute Gasteiger partial charge is 0.365 e. The molecule has 0 radical (unpaired) electrons. The number of likely N-dealkylation sites (tertiary alicyclic amines) is 1. The summed E-state index contributed by atoms with van der Waals surface area (Å²) in [4.78, 5) is 29.5. The van der Waals surface area contributed by atoms with Crippen LogP contribution < -0.4 is 16.4 Å². The van der Waals surface area contributed by atoms with Crippen LogP contribution in [0.4, 0.5) is 11.8 Å². The summed E-state index contributed by atoms with van der Waals surface area (Å²) in [7, 11) is 0. The van der Waals surface area contributed by atoms with E-state index >= 15 is 0 Å². The number of aromatic nitrogens is 4. The molecule has 2 saturated carbocycles. The number of carbonyl (C=O) groups excluding carboxylic acids is 1. The van der Waals surface area contributed by atoms with E-state index in [0.717, 1.165) is 68.3 Å². The molecule has 1 aliphatic heterocycles. The Morgan fingerprint density at radius 2 is 1.62 bits per heavy atom. The number of rotatable bonds is 6. The first-order valence-electron chi connectivity index (χ1n) is 14.4. The summed E-state index contributed by atoms with van der Waals surface area (Å²) in [6.07, 6.45) is 12.5. The number of hydrogen-bond acceptors (Lipinski definition) is 8. The molecule has 0 unspecified atom stereocenters. The normalized spacial score (nSPS) is 22.6. The van der Waals surface area contributed by atoms with Crippen molar-refractivity contribution in [2.24, 2.45) is 5.73 Å². The van der Waals surface area contributed by atoms with E-state index in [1.807, 2.05) is 11.2 Å². The molecule has 0 bridgehead atoms. The predicted octanol–water partition coefficient (Wildman–Crippen LogP) is 4.21. The van der Waals surface area contributed by atoms with Gasteiger partial charge >= 0.3 is 0 Å². The predicted molar refractivity (Wildman–Crippen MR) is 150 cm³/mol. The van der Waals surface area contributed by atoms with E-state index in [2.05, 4.69) is 21.3 Å². The van der Waals surface area contributed by atoms with Crippen LogP contribution in [0.25, 0.3) is 11.2 Å². The van der Waals surface area contributed by atoms with Crippen LogP contribution in [0.15, 0.2) is 30.6 Å². The van der Waals surface area contributed by atoms with Crippen LogP contribution in [0, 0.1) is 11.3 Å². The Kier molecular flexibility index (Phi) is 7.33. The topological polar surface area (TPSA) is 138 Å². The number of benzene rings is 1. The molecule has 3 heterocycles. The Labute approximate surface area is 229 Å². The van der Waals surface area contributed by atoms with Gasteiger partial charge in [0.25, 0.3) is 5.91 Å². The van der Waals surface area contributed by atoms with Crippen molar-refractivity contribution in [2.75, 3.05) is 23.7 Å². The third kappa shape index (κ3) is 5.55. The van der Waals surface area contributed by atoms with Crippen molar-refractivity contribution in [3.05, 3.63) is 41.7 Å². The minimum Gasteiger partial charge on any atom is -0.365 e. The van der Waals surface area contributed by atoms with Gasteiger partial charge in [0.1, 0.15) is 0 Å². The van der Waals surface area contributed by atoms with Crippen molar-refractivity contribution in [1.82, 2.24) is 24.4 Å². The van der Waals surface area contributed by atoms with Gasteiger partial charge in [-0.15, -0.1) is 0 Å². The molecule has 10 nitrogen and oxygen atoms in total. The SMILES string of the molecule is N#Cc1ccc(C(=O)N2CCC(Nc3nc(NC4CCC(N)CC4)nc4c3ncn4C3CCCC3)CC2)cc1. The van der Waals surface area contributed by atoms with Crippen LogP contribution >= 0.6 is 0 Å². The number of nitriles is 1. The van der Waals surface area contributed by atoms with Crippen LogP contribution in [0.3, 0.4) is 0 Å². The van der Waals surface area contributed by atoms with Gasteiger partial charge in [-0.1, -0.05) is 12.8 Å². The van der Waals surface area contributed by atoms with Gasteiger partial charge in [-0.05, 0) is 75.6 Å². The number of hydrogen-bond donors (Lipinski definition) is 3. The monoisotopic (exact) mass is 527 g/mol. The molecule has 2 aliphatic carbocycles. The van der Waals surface area contributed by atoms with Gasteiger partial charge in [-0.3, -0.25) is 4.79 Å². The third-order valence-electron chi connectivity index (χ3n) is 8.63. The maximum absolute atomic E-state index is 13.0. The number of nitrogens with zero attached hydrogens (tertiary/aromatic N) is 6. The van der Waals surface area contributed by atoms with Crippen molar-refractivity contribution in [1.29, 1.82) is 5.26 Å². The maximum Gasteiger partial charge on any atom is 0.253 e. The molecule has 2 aromatic heterocycles. The third-order valence-corrected chi connectivity index (χ3v) is 8.63. The maximum atomic E-state index is 13.0. The Morgan fingerprint density at radius 1 is 0.923 bits per heavy atom. The second-order valence-electron chi connectivity index (χ2n) is 11.3. The lowest BCUT2D eigenvalue weighted by Crippen LogP contribution is -2.42. The molecule has 204 valence electrons. The van der Waals surface area contributed by atoms with Gasteiger partial charge in [-0.25, -0.2) is 4.98 Å². The molecular weight excluding hydrogens is 490 g/mol. The smallest absolute Gasteiger partial charge is 0.253 e. The second kappa shape index (κ2) is 11.2. The number of piperidine rings is 1. The van der Waals surface area contributed by atoms with E-state index in [4.69, 9.17) is 25.9 Å². The van der Waals surface area contributed by atoms with Crippen molar-refractivity contribution in [3.63, 3.8) is 0 Å². The lowest BCUT2D eigenvalue weighted by Gasteiger charge is -2.33. The lowest BCUT2D eigenvalue weighted by molar-refractivity contribution is 0.0718. The van der Waals surface area contributed by atoms with Crippen molar-refractivity contribution >= 4 is 28.8 Å². The van der Waals surface area contributed by atoms with E-state index in [1.54, 1.807) is 24.3 Å². The summed E-state index contributed by atoms with van der Waals surface area (Å²) < 4.78 is 2.25. The Balaban J connectivity index is 1.18. The molecule has 3 aromatic rings.